The Bertz CT molecular complexity index is 679. The highest BCUT2D eigenvalue weighted by Crippen LogP contribution is 2.24. The van der Waals surface area contributed by atoms with Crippen molar-refractivity contribution in [3.8, 4) is 0 Å². The van der Waals surface area contributed by atoms with Crippen LogP contribution in [0.5, 0.6) is 0 Å². The lowest BCUT2D eigenvalue weighted by Gasteiger charge is -2.23. The SMILES string of the molecule is CCNC(=NCC1CCCN1CCOC)NC(C)c1nc(C)c(C(=O)OCC)s1. The third-order valence-corrected chi connectivity index (χ3v) is 6.20. The van der Waals surface area contributed by atoms with E-state index >= 15 is 0 Å². The number of guanidine groups is 1. The summed E-state index contributed by atoms with van der Waals surface area (Å²) in [7, 11) is 1.74. The molecule has 8 nitrogen and oxygen atoms in total. The summed E-state index contributed by atoms with van der Waals surface area (Å²) in [5, 5.41) is 7.58. The van der Waals surface area contributed by atoms with E-state index in [2.05, 4.69) is 27.4 Å². The van der Waals surface area contributed by atoms with Crippen molar-refractivity contribution >= 4 is 23.3 Å². The molecular formula is C20H35N5O3S. The molecule has 1 saturated heterocycles. The summed E-state index contributed by atoms with van der Waals surface area (Å²) in [5.74, 6) is 0.461. The number of carbonyl (C=O) groups is 1. The van der Waals surface area contributed by atoms with Crippen molar-refractivity contribution in [3.63, 3.8) is 0 Å². The van der Waals surface area contributed by atoms with Gasteiger partial charge in [-0.05, 0) is 47.1 Å². The van der Waals surface area contributed by atoms with E-state index in [0.29, 0.717) is 23.2 Å². The molecule has 2 N–H and O–H groups in total. The zero-order valence-corrected chi connectivity index (χ0v) is 19.1. The second-order valence-corrected chi connectivity index (χ2v) is 8.13. The summed E-state index contributed by atoms with van der Waals surface area (Å²) in [4.78, 5) is 24.5. The predicted molar refractivity (Wildman–Crippen MR) is 117 cm³/mol. The average molecular weight is 426 g/mol. The Morgan fingerprint density at radius 3 is 2.93 bits per heavy atom. The molecule has 1 aromatic rings. The van der Waals surface area contributed by atoms with Gasteiger partial charge in [0, 0.05) is 26.2 Å². The quantitative estimate of drug-likeness (QED) is 0.338. The van der Waals surface area contributed by atoms with Gasteiger partial charge in [0.2, 0.25) is 0 Å². The van der Waals surface area contributed by atoms with E-state index in [9.17, 15) is 4.79 Å². The summed E-state index contributed by atoms with van der Waals surface area (Å²) >= 11 is 1.38. The van der Waals surface area contributed by atoms with Crippen LogP contribution >= 0.6 is 11.3 Å². The Kier molecular flexibility index (Phi) is 9.83. The standard InChI is InChI=1S/C20H35N5O3S/c1-6-21-20(22-13-16-9-8-10-25(16)11-12-27-5)24-15(4)18-23-14(3)17(29-18)19(26)28-7-2/h15-16H,6-13H2,1-5H3,(H2,21,22,24). The summed E-state index contributed by atoms with van der Waals surface area (Å²) < 4.78 is 10.3. The van der Waals surface area contributed by atoms with Gasteiger partial charge in [-0.1, -0.05) is 0 Å². The number of aromatic nitrogens is 1. The molecule has 0 radical (unpaired) electrons. The zero-order valence-electron chi connectivity index (χ0n) is 18.3. The maximum atomic E-state index is 12.1. The van der Waals surface area contributed by atoms with Crippen LogP contribution in [0.1, 0.15) is 60.0 Å². The lowest BCUT2D eigenvalue weighted by Crippen LogP contribution is -2.40. The number of hydrogen-bond donors (Lipinski definition) is 2. The van der Waals surface area contributed by atoms with Gasteiger partial charge >= 0.3 is 5.97 Å². The van der Waals surface area contributed by atoms with Crippen molar-refractivity contribution in [3.05, 3.63) is 15.6 Å². The number of thiazole rings is 1. The topological polar surface area (TPSA) is 88.1 Å². The second kappa shape index (κ2) is 12.1. The van der Waals surface area contributed by atoms with Gasteiger partial charge in [0.15, 0.2) is 5.96 Å². The number of aliphatic imine (C=N–C) groups is 1. The van der Waals surface area contributed by atoms with E-state index in [0.717, 1.165) is 50.2 Å². The summed E-state index contributed by atoms with van der Waals surface area (Å²) in [6.07, 6.45) is 2.37. The Labute approximate surface area is 178 Å². The Morgan fingerprint density at radius 2 is 2.24 bits per heavy atom. The van der Waals surface area contributed by atoms with Crippen molar-refractivity contribution in [2.75, 3.05) is 46.5 Å². The first-order chi connectivity index (χ1) is 14.0. The largest absolute Gasteiger partial charge is 0.462 e. The molecule has 2 atom stereocenters. The molecule has 9 heteroatoms. The average Bonchev–Trinajstić information content (AvgIpc) is 3.31. The van der Waals surface area contributed by atoms with E-state index in [-0.39, 0.29) is 12.0 Å². The maximum absolute atomic E-state index is 12.1. The number of rotatable bonds is 10. The molecule has 2 heterocycles. The Hall–Kier alpha value is -1.71. The number of esters is 1. The number of carbonyl (C=O) groups excluding carboxylic acids is 1. The monoisotopic (exact) mass is 425 g/mol. The highest BCUT2D eigenvalue weighted by atomic mass is 32.1. The molecule has 29 heavy (non-hydrogen) atoms. The number of aryl methyl sites for hydroxylation is 1. The molecular weight excluding hydrogens is 390 g/mol. The zero-order chi connectivity index (χ0) is 21.2. The van der Waals surface area contributed by atoms with Gasteiger partial charge in [0.1, 0.15) is 9.88 Å². The first-order valence-electron chi connectivity index (χ1n) is 10.4. The molecule has 2 unspecified atom stereocenters. The number of likely N-dealkylation sites (tertiary alicyclic amines) is 1. The minimum Gasteiger partial charge on any atom is -0.462 e. The second-order valence-electron chi connectivity index (χ2n) is 7.10. The van der Waals surface area contributed by atoms with Crippen molar-refractivity contribution in [2.24, 2.45) is 4.99 Å². The molecule has 1 aromatic heterocycles. The normalized spacial score (nSPS) is 18.7. The van der Waals surface area contributed by atoms with E-state index in [1.807, 2.05) is 13.8 Å². The van der Waals surface area contributed by atoms with Gasteiger partial charge < -0.3 is 20.1 Å². The Morgan fingerprint density at radius 1 is 1.45 bits per heavy atom. The van der Waals surface area contributed by atoms with Crippen molar-refractivity contribution < 1.29 is 14.3 Å². The minimum absolute atomic E-state index is 0.0622. The number of nitrogens with zero attached hydrogens (tertiary/aromatic N) is 3. The first-order valence-corrected chi connectivity index (χ1v) is 11.2. The molecule has 1 aliphatic heterocycles. The van der Waals surface area contributed by atoms with Crippen LogP contribution in [0.4, 0.5) is 0 Å². The fourth-order valence-electron chi connectivity index (χ4n) is 3.38. The third kappa shape index (κ3) is 6.94. The summed E-state index contributed by atoms with van der Waals surface area (Å²) in [6, 6.07) is 0.390. The smallest absolute Gasteiger partial charge is 0.350 e. The van der Waals surface area contributed by atoms with Gasteiger partial charge in [-0.3, -0.25) is 9.89 Å². The molecule has 0 saturated carbocycles. The molecule has 0 amide bonds. The van der Waals surface area contributed by atoms with Crippen LogP contribution in [0.3, 0.4) is 0 Å². The summed E-state index contributed by atoms with van der Waals surface area (Å²) in [6.45, 7) is 12.4. The van der Waals surface area contributed by atoms with Crippen LogP contribution in [0.25, 0.3) is 0 Å². The predicted octanol–water partition coefficient (Wildman–Crippen LogP) is 2.36. The van der Waals surface area contributed by atoms with Gasteiger partial charge in [-0.2, -0.15) is 0 Å². The van der Waals surface area contributed by atoms with E-state index < -0.39 is 0 Å². The van der Waals surface area contributed by atoms with Crippen LogP contribution in [-0.2, 0) is 9.47 Å². The van der Waals surface area contributed by atoms with Crippen LogP contribution in [0.15, 0.2) is 4.99 Å². The molecule has 0 spiro atoms. The fraction of sp³-hybridized carbons (Fsp3) is 0.750. The van der Waals surface area contributed by atoms with Gasteiger partial charge in [-0.15, -0.1) is 11.3 Å². The van der Waals surface area contributed by atoms with Gasteiger partial charge in [0.25, 0.3) is 0 Å². The molecule has 0 aliphatic carbocycles. The van der Waals surface area contributed by atoms with E-state index in [4.69, 9.17) is 14.5 Å². The van der Waals surface area contributed by atoms with E-state index in [1.165, 1.54) is 17.8 Å². The van der Waals surface area contributed by atoms with Crippen molar-refractivity contribution in [1.29, 1.82) is 0 Å². The first kappa shape index (κ1) is 23.6. The molecule has 0 bridgehead atoms. The lowest BCUT2D eigenvalue weighted by atomic mass is 10.2. The van der Waals surface area contributed by atoms with Gasteiger partial charge in [0.05, 0.1) is 31.5 Å². The van der Waals surface area contributed by atoms with Crippen LogP contribution < -0.4 is 10.6 Å². The molecule has 1 aliphatic rings. The lowest BCUT2D eigenvalue weighted by molar-refractivity contribution is 0.0531. The van der Waals surface area contributed by atoms with Crippen LogP contribution in [-0.4, -0.2) is 74.4 Å². The maximum Gasteiger partial charge on any atom is 0.350 e. The number of hydrogen-bond acceptors (Lipinski definition) is 7. The highest BCUT2D eigenvalue weighted by Gasteiger charge is 2.24. The fourth-order valence-corrected chi connectivity index (χ4v) is 4.34. The minimum atomic E-state index is -0.307. The number of ether oxygens (including phenoxy) is 2. The van der Waals surface area contributed by atoms with E-state index in [1.54, 1.807) is 14.0 Å². The molecule has 164 valence electrons. The molecule has 0 aromatic carbocycles. The summed E-state index contributed by atoms with van der Waals surface area (Å²) in [5.41, 5.74) is 0.707. The Balaban J connectivity index is 2.01. The number of nitrogens with one attached hydrogen (secondary N) is 2. The third-order valence-electron chi connectivity index (χ3n) is 4.88. The molecule has 2 rings (SSSR count). The van der Waals surface area contributed by atoms with Crippen LogP contribution in [0.2, 0.25) is 0 Å². The van der Waals surface area contributed by atoms with Crippen molar-refractivity contribution in [1.82, 2.24) is 20.5 Å². The molecule has 1 fully saturated rings. The van der Waals surface area contributed by atoms with Crippen molar-refractivity contribution in [2.45, 2.75) is 52.6 Å². The van der Waals surface area contributed by atoms with Gasteiger partial charge in [-0.25, -0.2) is 9.78 Å². The highest BCUT2D eigenvalue weighted by molar-refractivity contribution is 7.13. The van der Waals surface area contributed by atoms with Crippen LogP contribution in [0, 0.1) is 6.92 Å². The number of methoxy groups -OCH3 is 1.